The van der Waals surface area contributed by atoms with Crippen LogP contribution in [-0.4, -0.2) is 36.2 Å². The molecule has 0 bridgehead atoms. The number of rotatable bonds is 9. The number of hydrogen-bond donors (Lipinski definition) is 0. The Bertz CT molecular complexity index is 1340. The number of carbonyl (C=O) groups is 1. The van der Waals surface area contributed by atoms with E-state index in [1.54, 1.807) is 0 Å². The Hall–Kier alpha value is -2.79. The first-order chi connectivity index (χ1) is 19.3. The highest BCUT2D eigenvalue weighted by Crippen LogP contribution is 2.31. The van der Waals surface area contributed by atoms with E-state index in [0.29, 0.717) is 56.4 Å². The molecule has 0 amide bonds. The monoisotopic (exact) mass is 490 g/mol. The van der Waals surface area contributed by atoms with Crippen LogP contribution in [0.25, 0.3) is 0 Å². The van der Waals surface area contributed by atoms with Crippen molar-refractivity contribution in [3.8, 4) is 0 Å². The van der Waals surface area contributed by atoms with E-state index >= 15 is 0 Å². The number of likely N-dealkylation sites (tertiary alicyclic amines) is 1. The van der Waals surface area contributed by atoms with Gasteiger partial charge in [0.15, 0.2) is 5.78 Å². The zero-order valence-electron chi connectivity index (χ0n) is 26.5. The summed E-state index contributed by atoms with van der Waals surface area (Å²) in [4.78, 5) is 12.7. The molecule has 0 saturated carbocycles. The van der Waals surface area contributed by atoms with E-state index in [1.807, 2.05) is 54.6 Å². The summed E-state index contributed by atoms with van der Waals surface area (Å²) in [6.45, 7) is 7.41. The summed E-state index contributed by atoms with van der Waals surface area (Å²) in [7, 11) is 0. The Morgan fingerprint density at radius 3 is 2.25 bits per heavy atom. The van der Waals surface area contributed by atoms with Crippen LogP contribution >= 0.6 is 0 Å². The van der Waals surface area contributed by atoms with Crippen molar-refractivity contribution in [3.05, 3.63) is 112 Å². The fourth-order valence-corrected chi connectivity index (χ4v) is 4.73. The largest absolute Gasteiger partial charge is 0.633 e. The van der Waals surface area contributed by atoms with Crippen molar-refractivity contribution in [2.24, 2.45) is 0 Å². The van der Waals surface area contributed by atoms with Crippen LogP contribution in [0.15, 0.2) is 84.8 Å². The van der Waals surface area contributed by atoms with Crippen molar-refractivity contribution < 1.29 is 21.0 Å². The quantitative estimate of drug-likeness (QED) is 0.181. The number of carbonyl (C=O) groups excluding carboxylic acids is 1. The molecule has 1 atom stereocenters. The van der Waals surface area contributed by atoms with E-state index < -0.39 is 24.2 Å². The first-order valence-electron chi connectivity index (χ1n) is 15.3. The third-order valence-electron chi connectivity index (χ3n) is 6.97. The number of hydrogen-bond acceptors (Lipinski definition) is 3. The van der Waals surface area contributed by atoms with E-state index in [-0.39, 0.29) is 39.6 Å². The van der Waals surface area contributed by atoms with Gasteiger partial charge in [0.2, 0.25) is 0 Å². The van der Waals surface area contributed by atoms with Crippen LogP contribution in [0.5, 0.6) is 0 Å². The van der Waals surface area contributed by atoms with Gasteiger partial charge in [-0.2, -0.15) is 0 Å². The first kappa shape index (κ1) is 20.3. The fraction of sp³-hybridized carbons (Fsp3) is 0.406. The number of ketones is 1. The number of hydroxylamine groups is 3. The van der Waals surface area contributed by atoms with E-state index in [9.17, 15) is 10.0 Å². The summed E-state index contributed by atoms with van der Waals surface area (Å²) in [6, 6.07) is 15.0. The maximum atomic E-state index is 13.4. The highest BCUT2D eigenvalue weighted by molar-refractivity contribution is 5.96. The third-order valence-corrected chi connectivity index (χ3v) is 6.97. The summed E-state index contributed by atoms with van der Waals surface area (Å²) in [5.74, 6) is 0.0413. The molecule has 4 heteroatoms. The average molecular weight is 491 g/mol. The molecule has 1 fully saturated rings. The molecule has 1 heterocycles. The zero-order valence-corrected chi connectivity index (χ0v) is 21.5. The van der Waals surface area contributed by atoms with Gasteiger partial charge in [-0.05, 0) is 22.1 Å². The lowest BCUT2D eigenvalue weighted by Crippen LogP contribution is -2.50. The van der Waals surface area contributed by atoms with Gasteiger partial charge in [-0.3, -0.25) is 4.79 Å². The molecular weight excluding hydrogens is 446 g/mol. The van der Waals surface area contributed by atoms with Crippen molar-refractivity contribution in [1.82, 2.24) is 0 Å². The highest BCUT2D eigenvalue weighted by atomic mass is 16.5. The molecule has 4 rings (SSSR count). The van der Waals surface area contributed by atoms with Gasteiger partial charge in [-0.15, -0.1) is 0 Å². The smallest absolute Gasteiger partial charge is 0.163 e. The molecule has 36 heavy (non-hydrogen) atoms. The Kier molecular flexibility index (Phi) is 6.49. The van der Waals surface area contributed by atoms with E-state index in [0.717, 1.165) is 0 Å². The highest BCUT2D eigenvalue weighted by Gasteiger charge is 2.30. The Balaban J connectivity index is 1.39. The summed E-state index contributed by atoms with van der Waals surface area (Å²) < 4.78 is 47.2. The number of ether oxygens (including phenoxy) is 1. The van der Waals surface area contributed by atoms with Gasteiger partial charge in [0.25, 0.3) is 0 Å². The molecule has 1 unspecified atom stereocenters. The van der Waals surface area contributed by atoms with Gasteiger partial charge in [0.1, 0.15) is 6.10 Å². The molecule has 0 radical (unpaired) electrons. The summed E-state index contributed by atoms with van der Waals surface area (Å²) in [6.07, 6.45) is 0.624. The molecule has 1 saturated heterocycles. The zero-order chi connectivity index (χ0) is 29.9. The average Bonchev–Trinajstić information content (AvgIpc) is 2.95. The van der Waals surface area contributed by atoms with Crippen LogP contribution in [0.3, 0.4) is 0 Å². The molecule has 3 aromatic carbocycles. The molecule has 0 spiro atoms. The number of nitrogens with zero attached hydrogens (tertiary/aromatic N) is 1. The number of Topliss-reactive ketones (excluding diaryl/α,β-unsaturated/α-hetero) is 1. The summed E-state index contributed by atoms with van der Waals surface area (Å²) >= 11 is 0. The van der Waals surface area contributed by atoms with Crippen LogP contribution < -0.4 is 0 Å². The van der Waals surface area contributed by atoms with Gasteiger partial charge < -0.3 is 14.6 Å². The summed E-state index contributed by atoms with van der Waals surface area (Å²) in [5.41, 5.74) is 2.65. The van der Waals surface area contributed by atoms with Crippen molar-refractivity contribution >= 4 is 5.78 Å². The van der Waals surface area contributed by atoms with Crippen LogP contribution in [0, 0.1) is 5.21 Å². The molecule has 1 aliphatic rings. The first-order valence-corrected chi connectivity index (χ1v) is 12.8. The number of quaternary nitrogens is 1. The van der Waals surface area contributed by atoms with Crippen LogP contribution in [0.1, 0.15) is 86.5 Å². The predicted molar refractivity (Wildman–Crippen MR) is 146 cm³/mol. The van der Waals surface area contributed by atoms with Crippen molar-refractivity contribution in [1.29, 1.82) is 0 Å². The van der Waals surface area contributed by atoms with E-state index in [1.165, 1.54) is 5.56 Å². The lowest BCUT2D eigenvalue weighted by Gasteiger charge is -2.47. The molecule has 0 aliphatic carbocycles. The topological polar surface area (TPSA) is 49.4 Å². The SMILES string of the molecule is [2H]c1c([2H])c([2H])c(C(OC2CC[N+]([O-])(CCCC(=O)c3ccc(C(C)(C)C)cc3)CC2)c2ccccc2)c([2H])c1[2H]. The van der Waals surface area contributed by atoms with Crippen LogP contribution in [0.2, 0.25) is 0 Å². The third kappa shape index (κ3) is 6.91. The maximum Gasteiger partial charge on any atom is 0.163 e. The predicted octanol–water partition coefficient (Wildman–Crippen LogP) is 7.23. The minimum Gasteiger partial charge on any atom is -0.633 e. The lowest BCUT2D eigenvalue weighted by molar-refractivity contribution is -0.886. The van der Waals surface area contributed by atoms with Crippen molar-refractivity contribution in [2.45, 2.75) is 64.1 Å². The molecule has 0 aromatic heterocycles. The molecule has 0 N–H and O–H groups in total. The van der Waals surface area contributed by atoms with E-state index in [2.05, 4.69) is 20.8 Å². The summed E-state index contributed by atoms with van der Waals surface area (Å²) in [5, 5.41) is 13.4. The van der Waals surface area contributed by atoms with Gasteiger partial charge in [0.05, 0.1) is 32.6 Å². The maximum absolute atomic E-state index is 13.4. The van der Waals surface area contributed by atoms with Crippen LogP contribution in [0.4, 0.5) is 0 Å². The number of piperidine rings is 1. The molecular formula is C32H39NO3. The van der Waals surface area contributed by atoms with E-state index in [4.69, 9.17) is 11.6 Å². The Morgan fingerprint density at radius 2 is 1.64 bits per heavy atom. The van der Waals surface area contributed by atoms with Crippen LogP contribution in [-0.2, 0) is 10.2 Å². The second kappa shape index (κ2) is 11.5. The standard InChI is InChI=1S/C32H39NO3/c1-32(2,3)28-18-16-25(17-19-28)30(34)15-10-22-33(35)23-20-29(21-24-33)36-31(26-11-6-4-7-12-26)27-13-8-5-9-14-27/h4-9,11-14,16-19,29,31H,10,15,20-24H2,1-3H3/i4D,6D,7D,11D,12D. The lowest BCUT2D eigenvalue weighted by atomic mass is 9.86. The molecule has 4 nitrogen and oxygen atoms in total. The Morgan fingerprint density at radius 1 is 1.00 bits per heavy atom. The van der Waals surface area contributed by atoms with Gasteiger partial charge in [-0.1, -0.05) is 106 Å². The molecule has 3 aromatic rings. The van der Waals surface area contributed by atoms with Gasteiger partial charge in [0, 0.05) is 31.2 Å². The van der Waals surface area contributed by atoms with Crippen molar-refractivity contribution in [2.75, 3.05) is 19.6 Å². The minimum absolute atomic E-state index is 0.0202. The number of benzene rings is 3. The molecule has 1 aliphatic heterocycles. The van der Waals surface area contributed by atoms with Gasteiger partial charge in [-0.25, -0.2) is 0 Å². The minimum atomic E-state index is -0.857. The molecule has 190 valence electrons. The normalized spacial score (nSPS) is 23.1. The van der Waals surface area contributed by atoms with Gasteiger partial charge >= 0.3 is 0 Å². The Labute approximate surface area is 223 Å². The van der Waals surface area contributed by atoms with Crippen molar-refractivity contribution in [3.63, 3.8) is 0 Å². The fourth-order valence-electron chi connectivity index (χ4n) is 4.73. The second-order valence-electron chi connectivity index (χ2n) is 10.7. The second-order valence-corrected chi connectivity index (χ2v) is 10.7.